The van der Waals surface area contributed by atoms with Crippen molar-refractivity contribution in [2.24, 2.45) is 5.92 Å². The fourth-order valence-corrected chi connectivity index (χ4v) is 2.49. The summed E-state index contributed by atoms with van der Waals surface area (Å²) >= 11 is 0. The first-order valence-electron chi connectivity index (χ1n) is 5.63. The van der Waals surface area contributed by atoms with E-state index in [1.54, 1.807) is 20.8 Å². The molecule has 2 atom stereocenters. The van der Waals surface area contributed by atoms with Gasteiger partial charge in [0.1, 0.15) is 0 Å². The molecule has 0 heterocycles. The van der Waals surface area contributed by atoms with Gasteiger partial charge in [-0.2, -0.15) is 8.78 Å². The van der Waals surface area contributed by atoms with Crippen LogP contribution in [0.25, 0.3) is 0 Å². The van der Waals surface area contributed by atoms with Crippen molar-refractivity contribution in [3.8, 4) is 0 Å². The van der Waals surface area contributed by atoms with E-state index in [2.05, 4.69) is 0 Å². The highest BCUT2D eigenvalue weighted by molar-refractivity contribution is 5.78. The second kappa shape index (κ2) is 4.37. The zero-order valence-electron chi connectivity index (χ0n) is 10.3. The number of aliphatic carboxylic acids is 1. The fraction of sp³-hybridized carbons (Fsp3) is 0.750. The van der Waals surface area contributed by atoms with Crippen LogP contribution in [0.2, 0.25) is 0 Å². The zero-order valence-corrected chi connectivity index (χ0v) is 10.3. The van der Waals surface area contributed by atoms with Crippen molar-refractivity contribution in [3.63, 3.8) is 0 Å². The van der Waals surface area contributed by atoms with Gasteiger partial charge in [0.15, 0.2) is 5.60 Å². The van der Waals surface area contributed by atoms with Crippen LogP contribution in [-0.4, -0.2) is 27.7 Å². The lowest BCUT2D eigenvalue weighted by atomic mass is 9.70. The van der Waals surface area contributed by atoms with Crippen LogP contribution in [-0.2, 0) is 4.79 Å². The second-order valence-electron chi connectivity index (χ2n) is 5.07. The van der Waals surface area contributed by atoms with Gasteiger partial charge in [0.2, 0.25) is 0 Å². The van der Waals surface area contributed by atoms with Crippen LogP contribution in [0, 0.1) is 5.92 Å². The molecule has 1 aliphatic rings. The Morgan fingerprint density at radius 1 is 1.47 bits per heavy atom. The normalized spacial score (nSPS) is 30.2. The molecule has 5 heteroatoms. The van der Waals surface area contributed by atoms with Gasteiger partial charge in [0.25, 0.3) is 0 Å². The predicted octanol–water partition coefficient (Wildman–Crippen LogP) is 2.59. The summed E-state index contributed by atoms with van der Waals surface area (Å²) in [5.41, 5.74) is -1.81. The van der Waals surface area contributed by atoms with Gasteiger partial charge < -0.3 is 10.2 Å². The lowest BCUT2D eigenvalue weighted by molar-refractivity contribution is -0.205. The number of hydrogen-bond acceptors (Lipinski definition) is 2. The maximum atomic E-state index is 13.7. The third-order valence-corrected chi connectivity index (χ3v) is 3.42. The van der Waals surface area contributed by atoms with E-state index in [-0.39, 0.29) is 17.9 Å². The first kappa shape index (κ1) is 14.1. The Morgan fingerprint density at radius 2 is 2.00 bits per heavy atom. The molecule has 1 rings (SSSR count). The highest BCUT2D eigenvalue weighted by atomic mass is 19.3. The van der Waals surface area contributed by atoms with Crippen molar-refractivity contribution in [3.05, 3.63) is 11.1 Å². The van der Waals surface area contributed by atoms with Crippen molar-refractivity contribution in [1.82, 2.24) is 0 Å². The third-order valence-electron chi connectivity index (χ3n) is 3.42. The SMILES string of the molecule is CC(C)=C1CCC(C)CC1(O)C(F)(F)C(=O)O. The molecule has 3 nitrogen and oxygen atoms in total. The summed E-state index contributed by atoms with van der Waals surface area (Å²) in [6, 6.07) is 0. The van der Waals surface area contributed by atoms with E-state index in [9.17, 15) is 18.7 Å². The number of alkyl halides is 2. The zero-order chi connectivity index (χ0) is 13.4. The molecular formula is C12H18F2O3. The fourth-order valence-electron chi connectivity index (χ4n) is 2.49. The third kappa shape index (κ3) is 2.20. The van der Waals surface area contributed by atoms with E-state index in [0.717, 1.165) is 0 Å². The molecule has 0 amide bonds. The molecule has 17 heavy (non-hydrogen) atoms. The quantitative estimate of drug-likeness (QED) is 0.738. The molecular weight excluding hydrogens is 230 g/mol. The predicted molar refractivity (Wildman–Crippen MR) is 58.9 cm³/mol. The van der Waals surface area contributed by atoms with Crippen LogP contribution in [0.4, 0.5) is 8.78 Å². The van der Waals surface area contributed by atoms with E-state index in [1.807, 2.05) is 0 Å². The van der Waals surface area contributed by atoms with Crippen molar-refractivity contribution < 1.29 is 23.8 Å². The molecule has 98 valence electrons. The van der Waals surface area contributed by atoms with Crippen LogP contribution in [0.1, 0.15) is 40.0 Å². The van der Waals surface area contributed by atoms with Gasteiger partial charge in [-0.3, -0.25) is 0 Å². The Morgan fingerprint density at radius 3 is 2.41 bits per heavy atom. The molecule has 1 saturated carbocycles. The molecule has 0 saturated heterocycles. The second-order valence-corrected chi connectivity index (χ2v) is 5.07. The molecule has 1 fully saturated rings. The van der Waals surface area contributed by atoms with E-state index in [4.69, 9.17) is 5.11 Å². The summed E-state index contributed by atoms with van der Waals surface area (Å²) in [7, 11) is 0. The van der Waals surface area contributed by atoms with Gasteiger partial charge in [-0.1, -0.05) is 12.5 Å². The van der Waals surface area contributed by atoms with Gasteiger partial charge in [0.05, 0.1) is 0 Å². The van der Waals surface area contributed by atoms with Gasteiger partial charge in [-0.05, 0) is 44.6 Å². The first-order valence-corrected chi connectivity index (χ1v) is 5.63. The number of carboxylic acid groups (broad SMARTS) is 1. The Bertz CT molecular complexity index is 359. The molecule has 0 aliphatic heterocycles. The lowest BCUT2D eigenvalue weighted by Crippen LogP contribution is -2.57. The van der Waals surface area contributed by atoms with E-state index >= 15 is 0 Å². The van der Waals surface area contributed by atoms with Gasteiger partial charge in [0, 0.05) is 0 Å². The largest absolute Gasteiger partial charge is 0.477 e. The molecule has 0 bridgehead atoms. The summed E-state index contributed by atoms with van der Waals surface area (Å²) in [6.45, 7) is 4.98. The summed E-state index contributed by atoms with van der Waals surface area (Å²) in [5, 5.41) is 18.8. The Labute approximate surface area is 99.1 Å². The standard InChI is InChI=1S/C12H18F2O3/c1-7(2)9-5-4-8(3)6-11(9,17)12(13,14)10(15)16/h8,17H,4-6H2,1-3H3,(H,15,16). The number of carboxylic acids is 1. The summed E-state index contributed by atoms with van der Waals surface area (Å²) in [4.78, 5) is 10.7. The summed E-state index contributed by atoms with van der Waals surface area (Å²) < 4.78 is 27.4. The average Bonchev–Trinajstić information content (AvgIpc) is 2.16. The Kier molecular flexibility index (Phi) is 3.62. The van der Waals surface area contributed by atoms with Crippen LogP contribution < -0.4 is 0 Å². The lowest BCUT2D eigenvalue weighted by Gasteiger charge is -2.42. The highest BCUT2D eigenvalue weighted by Gasteiger charge is 2.62. The minimum Gasteiger partial charge on any atom is -0.477 e. The summed E-state index contributed by atoms with van der Waals surface area (Å²) in [6.07, 6.45) is 0.800. The van der Waals surface area contributed by atoms with Gasteiger partial charge in [-0.25, -0.2) is 4.79 Å². The van der Waals surface area contributed by atoms with Gasteiger partial charge >= 0.3 is 11.9 Å². The number of aliphatic hydroxyl groups is 1. The molecule has 1 aliphatic carbocycles. The molecule has 0 aromatic rings. The van der Waals surface area contributed by atoms with E-state index in [1.165, 1.54) is 0 Å². The monoisotopic (exact) mass is 248 g/mol. The van der Waals surface area contributed by atoms with Crippen LogP contribution >= 0.6 is 0 Å². The Balaban J connectivity index is 3.29. The molecule has 0 spiro atoms. The highest BCUT2D eigenvalue weighted by Crippen LogP contribution is 2.47. The number of allylic oxidation sites excluding steroid dienone is 1. The van der Waals surface area contributed by atoms with Crippen molar-refractivity contribution in [1.29, 1.82) is 0 Å². The number of hydrogen-bond donors (Lipinski definition) is 2. The van der Waals surface area contributed by atoms with Crippen molar-refractivity contribution in [2.45, 2.75) is 51.6 Å². The Hall–Kier alpha value is -0.970. The average molecular weight is 248 g/mol. The molecule has 2 unspecified atom stereocenters. The van der Waals surface area contributed by atoms with Crippen LogP contribution in [0.5, 0.6) is 0 Å². The molecule has 2 N–H and O–H groups in total. The van der Waals surface area contributed by atoms with Crippen molar-refractivity contribution in [2.75, 3.05) is 0 Å². The maximum absolute atomic E-state index is 13.7. The topological polar surface area (TPSA) is 57.5 Å². The van der Waals surface area contributed by atoms with Crippen molar-refractivity contribution >= 4 is 5.97 Å². The minimum absolute atomic E-state index is 0.117. The summed E-state index contributed by atoms with van der Waals surface area (Å²) in [5.74, 6) is -6.53. The van der Waals surface area contributed by atoms with Crippen LogP contribution in [0.3, 0.4) is 0 Å². The van der Waals surface area contributed by atoms with E-state index in [0.29, 0.717) is 18.4 Å². The van der Waals surface area contributed by atoms with Crippen LogP contribution in [0.15, 0.2) is 11.1 Å². The molecule has 0 radical (unpaired) electrons. The number of rotatable bonds is 2. The number of halogens is 2. The molecule has 0 aromatic carbocycles. The van der Waals surface area contributed by atoms with E-state index < -0.39 is 17.5 Å². The smallest absolute Gasteiger partial charge is 0.378 e. The minimum atomic E-state index is -4.14. The molecule has 0 aromatic heterocycles. The van der Waals surface area contributed by atoms with Gasteiger partial charge in [-0.15, -0.1) is 0 Å². The first-order chi connectivity index (χ1) is 7.63. The maximum Gasteiger partial charge on any atom is 0.378 e. The number of carbonyl (C=O) groups is 1.